The molecule has 98 valence electrons. The summed E-state index contributed by atoms with van der Waals surface area (Å²) in [6, 6.07) is 10.2. The topological polar surface area (TPSA) is 75.4 Å². The van der Waals surface area contributed by atoms with Crippen LogP contribution in [0.15, 0.2) is 42.6 Å². The van der Waals surface area contributed by atoms with Gasteiger partial charge in [-0.15, -0.1) is 0 Å². The fourth-order valence-electron chi connectivity index (χ4n) is 1.75. The molecule has 0 saturated carbocycles. The minimum Gasteiger partial charge on any atom is -0.480 e. The minimum absolute atomic E-state index is 0.338. The summed E-state index contributed by atoms with van der Waals surface area (Å²) in [6.45, 7) is -0.395. The fraction of sp³-hybridized carbons (Fsp3) is 0.154. The molecular weight excluding hydrogens is 246 g/mol. The average molecular weight is 259 g/mol. The first kappa shape index (κ1) is 12.8. The molecule has 1 aromatic carbocycles. The van der Waals surface area contributed by atoms with Gasteiger partial charge in [-0.05, 0) is 18.2 Å². The molecule has 1 aromatic heterocycles. The van der Waals surface area contributed by atoms with E-state index in [4.69, 9.17) is 5.11 Å². The van der Waals surface area contributed by atoms with Gasteiger partial charge >= 0.3 is 5.97 Å². The third-order valence-electron chi connectivity index (χ3n) is 2.65. The summed E-state index contributed by atoms with van der Waals surface area (Å²) in [4.78, 5) is 24.5. The molecule has 0 bridgehead atoms. The van der Waals surface area contributed by atoms with E-state index in [1.807, 2.05) is 0 Å². The number of rotatable bonds is 4. The number of hydrogen-bond donors (Lipinski definition) is 1. The lowest BCUT2D eigenvalue weighted by atomic mass is 10.2. The number of benzene rings is 1. The average Bonchev–Trinajstić information content (AvgIpc) is 2.82. The largest absolute Gasteiger partial charge is 0.480 e. The summed E-state index contributed by atoms with van der Waals surface area (Å²) in [5, 5.41) is 12.9. The van der Waals surface area contributed by atoms with Gasteiger partial charge in [0.1, 0.15) is 12.2 Å². The lowest BCUT2D eigenvalue weighted by Crippen LogP contribution is -2.36. The van der Waals surface area contributed by atoms with Gasteiger partial charge in [-0.3, -0.25) is 19.2 Å². The number of para-hydroxylation sites is 1. The van der Waals surface area contributed by atoms with Crippen LogP contribution in [0.3, 0.4) is 0 Å². The van der Waals surface area contributed by atoms with Crippen LogP contribution in [-0.4, -0.2) is 33.3 Å². The third-order valence-corrected chi connectivity index (χ3v) is 2.65. The molecule has 0 fully saturated rings. The van der Waals surface area contributed by atoms with Crippen LogP contribution < -0.4 is 4.90 Å². The van der Waals surface area contributed by atoms with E-state index < -0.39 is 18.4 Å². The minimum atomic E-state index is -1.07. The Labute approximate surface area is 109 Å². The number of aromatic nitrogens is 2. The number of aliphatic carboxylic acids is 1. The number of nitrogens with zero attached hydrogens (tertiary/aromatic N) is 3. The Hall–Kier alpha value is -2.63. The van der Waals surface area contributed by atoms with Crippen molar-refractivity contribution in [1.29, 1.82) is 0 Å². The molecule has 0 radical (unpaired) electrons. The third kappa shape index (κ3) is 2.79. The van der Waals surface area contributed by atoms with Crippen molar-refractivity contribution in [2.75, 3.05) is 11.4 Å². The number of carboxylic acids is 1. The van der Waals surface area contributed by atoms with Crippen molar-refractivity contribution in [3.8, 4) is 0 Å². The van der Waals surface area contributed by atoms with Gasteiger partial charge < -0.3 is 5.11 Å². The highest BCUT2D eigenvalue weighted by Gasteiger charge is 2.22. The molecular formula is C13H13N3O3. The van der Waals surface area contributed by atoms with Gasteiger partial charge in [-0.2, -0.15) is 5.10 Å². The van der Waals surface area contributed by atoms with Crippen molar-refractivity contribution in [3.63, 3.8) is 0 Å². The first-order valence-electron chi connectivity index (χ1n) is 5.66. The van der Waals surface area contributed by atoms with E-state index in [2.05, 4.69) is 5.10 Å². The Morgan fingerprint density at radius 2 is 1.95 bits per heavy atom. The molecule has 2 aromatic rings. The lowest BCUT2D eigenvalue weighted by Gasteiger charge is -2.20. The molecule has 2 rings (SSSR count). The number of carbonyl (C=O) groups is 2. The maximum Gasteiger partial charge on any atom is 0.323 e. The molecule has 1 N–H and O–H groups in total. The van der Waals surface area contributed by atoms with E-state index >= 15 is 0 Å². The van der Waals surface area contributed by atoms with Crippen LogP contribution in [-0.2, 0) is 11.8 Å². The van der Waals surface area contributed by atoms with Crippen LogP contribution in [0.25, 0.3) is 0 Å². The van der Waals surface area contributed by atoms with Crippen molar-refractivity contribution in [2.24, 2.45) is 7.05 Å². The fourth-order valence-corrected chi connectivity index (χ4v) is 1.75. The van der Waals surface area contributed by atoms with Crippen LogP contribution in [0.5, 0.6) is 0 Å². The Kier molecular flexibility index (Phi) is 3.61. The predicted molar refractivity (Wildman–Crippen MR) is 69.0 cm³/mol. The van der Waals surface area contributed by atoms with Gasteiger partial charge in [0, 0.05) is 18.9 Å². The van der Waals surface area contributed by atoms with Gasteiger partial charge in [0.15, 0.2) is 0 Å². The van der Waals surface area contributed by atoms with Gasteiger partial charge in [-0.1, -0.05) is 18.2 Å². The van der Waals surface area contributed by atoms with Crippen LogP contribution in [0.2, 0.25) is 0 Å². The summed E-state index contributed by atoms with van der Waals surface area (Å²) < 4.78 is 1.42. The summed E-state index contributed by atoms with van der Waals surface area (Å²) in [5.74, 6) is -1.46. The van der Waals surface area contributed by atoms with Crippen molar-refractivity contribution >= 4 is 17.6 Å². The van der Waals surface area contributed by atoms with Crippen LogP contribution >= 0.6 is 0 Å². The quantitative estimate of drug-likeness (QED) is 0.893. The smallest absolute Gasteiger partial charge is 0.323 e. The monoisotopic (exact) mass is 259 g/mol. The maximum atomic E-state index is 12.4. The number of hydrogen-bond acceptors (Lipinski definition) is 3. The Morgan fingerprint density at radius 3 is 2.47 bits per heavy atom. The molecule has 0 aliphatic carbocycles. The Bertz CT molecular complexity index is 592. The van der Waals surface area contributed by atoms with Gasteiger partial charge in [0.2, 0.25) is 0 Å². The second-order valence-corrected chi connectivity index (χ2v) is 3.96. The standard InChI is InChI=1S/C13H13N3O3/c1-15-11(7-8-14-15)13(19)16(9-12(17)18)10-5-3-2-4-6-10/h2-8H,9H2,1H3,(H,17,18). The molecule has 6 nitrogen and oxygen atoms in total. The van der Waals surface area contributed by atoms with Crippen LogP contribution in [0.1, 0.15) is 10.5 Å². The van der Waals surface area contributed by atoms with Crippen molar-refractivity contribution < 1.29 is 14.7 Å². The zero-order valence-corrected chi connectivity index (χ0v) is 10.4. The highest BCUT2D eigenvalue weighted by Crippen LogP contribution is 2.16. The molecule has 0 unspecified atom stereocenters. The summed E-state index contributed by atoms with van der Waals surface area (Å²) >= 11 is 0. The second-order valence-electron chi connectivity index (χ2n) is 3.96. The maximum absolute atomic E-state index is 12.4. The molecule has 1 amide bonds. The molecule has 0 aliphatic heterocycles. The van der Waals surface area contributed by atoms with Crippen molar-refractivity contribution in [1.82, 2.24) is 9.78 Å². The zero-order chi connectivity index (χ0) is 13.8. The normalized spacial score (nSPS) is 10.2. The zero-order valence-electron chi connectivity index (χ0n) is 10.4. The number of anilines is 1. The highest BCUT2D eigenvalue weighted by molar-refractivity contribution is 6.07. The number of aryl methyl sites for hydroxylation is 1. The van der Waals surface area contributed by atoms with E-state index in [1.165, 1.54) is 15.8 Å². The molecule has 0 saturated heterocycles. The van der Waals surface area contributed by atoms with E-state index in [1.54, 1.807) is 43.4 Å². The first-order valence-corrected chi connectivity index (χ1v) is 5.66. The van der Waals surface area contributed by atoms with E-state index in [-0.39, 0.29) is 0 Å². The molecule has 1 heterocycles. The van der Waals surface area contributed by atoms with Gasteiger partial charge in [0.25, 0.3) is 5.91 Å². The van der Waals surface area contributed by atoms with Gasteiger partial charge in [-0.25, -0.2) is 0 Å². The Balaban J connectivity index is 2.36. The first-order chi connectivity index (χ1) is 9.09. The second kappa shape index (κ2) is 5.34. The van der Waals surface area contributed by atoms with Gasteiger partial charge in [0.05, 0.1) is 0 Å². The highest BCUT2D eigenvalue weighted by atomic mass is 16.4. The lowest BCUT2D eigenvalue weighted by molar-refractivity contribution is -0.135. The number of carbonyl (C=O) groups excluding carboxylic acids is 1. The molecule has 0 atom stereocenters. The van der Waals surface area contributed by atoms with E-state index in [0.717, 1.165) is 0 Å². The number of amides is 1. The molecule has 0 aliphatic rings. The Morgan fingerprint density at radius 1 is 1.26 bits per heavy atom. The molecule has 6 heteroatoms. The number of carboxylic acid groups (broad SMARTS) is 1. The van der Waals surface area contributed by atoms with E-state index in [9.17, 15) is 9.59 Å². The summed E-state index contributed by atoms with van der Waals surface area (Å²) in [5.41, 5.74) is 0.876. The van der Waals surface area contributed by atoms with Crippen LogP contribution in [0.4, 0.5) is 5.69 Å². The van der Waals surface area contributed by atoms with Crippen molar-refractivity contribution in [2.45, 2.75) is 0 Å². The van der Waals surface area contributed by atoms with E-state index in [0.29, 0.717) is 11.4 Å². The summed E-state index contributed by atoms with van der Waals surface area (Å²) in [7, 11) is 1.64. The molecule has 19 heavy (non-hydrogen) atoms. The molecule has 0 spiro atoms. The van der Waals surface area contributed by atoms with Crippen molar-refractivity contribution in [3.05, 3.63) is 48.3 Å². The van der Waals surface area contributed by atoms with Crippen LogP contribution in [0, 0.1) is 0 Å². The summed E-state index contributed by atoms with van der Waals surface area (Å²) in [6.07, 6.45) is 1.50. The predicted octanol–water partition coefficient (Wildman–Crippen LogP) is 1.15. The SMILES string of the molecule is Cn1nccc1C(=O)N(CC(=O)O)c1ccccc1.